The number of carbonyl (C=O) groups excluding carboxylic acids is 1. The summed E-state index contributed by atoms with van der Waals surface area (Å²) in [7, 11) is 0. The van der Waals surface area contributed by atoms with Crippen LogP contribution >= 0.6 is 11.6 Å². The zero-order chi connectivity index (χ0) is 16.3. The maximum Gasteiger partial charge on any atom is 0.269 e. The minimum absolute atomic E-state index is 0.0324. The first-order chi connectivity index (χ1) is 10.4. The number of nitro groups is 1. The molecule has 0 heterocycles. The number of carbonyl (C=O) groups is 1. The lowest BCUT2D eigenvalue weighted by molar-refractivity contribution is -0.385. The maximum absolute atomic E-state index is 13.5. The van der Waals surface area contributed by atoms with Gasteiger partial charge in [0.15, 0.2) is 0 Å². The Morgan fingerprint density at radius 3 is 2.68 bits per heavy atom. The molecule has 2 aromatic carbocycles. The third-order valence-corrected chi connectivity index (χ3v) is 3.10. The topological polar surface area (TPSA) is 95.3 Å². The Balaban J connectivity index is 2.16. The molecule has 0 fully saturated rings. The van der Waals surface area contributed by atoms with Crippen LogP contribution in [0.25, 0.3) is 0 Å². The van der Waals surface area contributed by atoms with Crippen LogP contribution in [-0.4, -0.2) is 10.8 Å². The molecule has 0 aliphatic heterocycles. The average Bonchev–Trinajstić information content (AvgIpc) is 2.48. The Hall–Kier alpha value is -2.67. The van der Waals surface area contributed by atoms with E-state index in [1.165, 1.54) is 6.07 Å². The summed E-state index contributed by atoms with van der Waals surface area (Å²) in [4.78, 5) is 21.9. The largest absolute Gasteiger partial charge is 0.872 e. The predicted molar refractivity (Wildman–Crippen MR) is 75.1 cm³/mol. The maximum atomic E-state index is 13.5. The van der Waals surface area contributed by atoms with Crippen LogP contribution in [0.3, 0.4) is 0 Å². The smallest absolute Gasteiger partial charge is 0.269 e. The van der Waals surface area contributed by atoms with Gasteiger partial charge in [0, 0.05) is 23.7 Å². The van der Waals surface area contributed by atoms with Gasteiger partial charge in [-0.3, -0.25) is 14.9 Å². The second-order valence-corrected chi connectivity index (χ2v) is 4.79. The fourth-order valence-corrected chi connectivity index (χ4v) is 1.93. The first-order valence-corrected chi connectivity index (χ1v) is 6.44. The summed E-state index contributed by atoms with van der Waals surface area (Å²) >= 11 is 5.69. The molecule has 2 rings (SSSR count). The van der Waals surface area contributed by atoms with E-state index in [9.17, 15) is 24.4 Å². The lowest BCUT2D eigenvalue weighted by Gasteiger charge is -2.13. The van der Waals surface area contributed by atoms with E-state index in [0.29, 0.717) is 0 Å². The van der Waals surface area contributed by atoms with Gasteiger partial charge in [-0.2, -0.15) is 0 Å². The van der Waals surface area contributed by atoms with Crippen LogP contribution in [-0.2, 0) is 6.54 Å². The molecule has 0 radical (unpaired) electrons. The molecule has 114 valence electrons. The first-order valence-electron chi connectivity index (χ1n) is 6.06. The van der Waals surface area contributed by atoms with Crippen molar-refractivity contribution in [2.24, 2.45) is 0 Å². The second kappa shape index (κ2) is 6.40. The van der Waals surface area contributed by atoms with Crippen molar-refractivity contribution in [2.45, 2.75) is 6.54 Å². The Morgan fingerprint density at radius 2 is 2.00 bits per heavy atom. The number of non-ortho nitro benzene ring substituents is 1. The first kappa shape index (κ1) is 15.7. The molecule has 1 N–H and O–H groups in total. The van der Waals surface area contributed by atoms with Gasteiger partial charge in [0.1, 0.15) is 5.82 Å². The van der Waals surface area contributed by atoms with Crippen LogP contribution in [0.15, 0.2) is 36.4 Å². The number of rotatable bonds is 4. The summed E-state index contributed by atoms with van der Waals surface area (Å²) < 4.78 is 13.5. The van der Waals surface area contributed by atoms with E-state index in [0.717, 1.165) is 30.3 Å². The zero-order valence-corrected chi connectivity index (χ0v) is 11.8. The molecule has 0 saturated heterocycles. The SMILES string of the molecule is O=C(NCc1cc([N+](=O)[O-])ccc1[O-])c1cc(Cl)ccc1F. The van der Waals surface area contributed by atoms with Crippen LogP contribution in [0.4, 0.5) is 10.1 Å². The van der Waals surface area contributed by atoms with Crippen LogP contribution in [0.5, 0.6) is 5.75 Å². The van der Waals surface area contributed by atoms with Gasteiger partial charge < -0.3 is 10.4 Å². The molecule has 0 aromatic heterocycles. The normalized spacial score (nSPS) is 10.3. The molecule has 6 nitrogen and oxygen atoms in total. The van der Waals surface area contributed by atoms with Gasteiger partial charge in [-0.05, 0) is 23.8 Å². The number of nitrogens with zero attached hydrogens (tertiary/aromatic N) is 1. The van der Waals surface area contributed by atoms with E-state index in [4.69, 9.17) is 11.6 Å². The van der Waals surface area contributed by atoms with E-state index >= 15 is 0 Å². The lowest BCUT2D eigenvalue weighted by Crippen LogP contribution is -2.24. The summed E-state index contributed by atoms with van der Waals surface area (Å²) in [5, 5.41) is 24.8. The summed E-state index contributed by atoms with van der Waals surface area (Å²) in [6.45, 7) is -0.259. The third-order valence-electron chi connectivity index (χ3n) is 2.87. The van der Waals surface area contributed by atoms with E-state index in [-0.39, 0.29) is 28.4 Å². The highest BCUT2D eigenvalue weighted by Crippen LogP contribution is 2.21. The fraction of sp³-hybridized carbons (Fsp3) is 0.0714. The monoisotopic (exact) mass is 323 g/mol. The van der Waals surface area contributed by atoms with Gasteiger partial charge in [-0.15, -0.1) is 5.75 Å². The molecule has 22 heavy (non-hydrogen) atoms. The van der Waals surface area contributed by atoms with Crippen molar-refractivity contribution < 1.29 is 19.2 Å². The third kappa shape index (κ3) is 3.50. The molecule has 0 bridgehead atoms. The Morgan fingerprint density at radius 1 is 1.27 bits per heavy atom. The van der Waals surface area contributed by atoms with Crippen molar-refractivity contribution >= 4 is 23.2 Å². The van der Waals surface area contributed by atoms with Crippen LogP contribution in [0.2, 0.25) is 5.02 Å². The Labute approximate surface area is 129 Å². The molecule has 0 unspecified atom stereocenters. The molecule has 0 aliphatic carbocycles. The molecule has 0 aliphatic rings. The minimum atomic E-state index is -0.772. The van der Waals surface area contributed by atoms with Crippen LogP contribution < -0.4 is 10.4 Å². The summed E-state index contributed by atoms with van der Waals surface area (Å²) in [5.41, 5.74) is -0.506. The molecule has 8 heteroatoms. The predicted octanol–water partition coefficient (Wildman–Crippen LogP) is 2.39. The Kier molecular flexibility index (Phi) is 4.57. The number of benzene rings is 2. The molecular formula is C14H9ClFN2O4-. The highest BCUT2D eigenvalue weighted by atomic mass is 35.5. The number of nitro benzene ring substituents is 1. The van der Waals surface area contributed by atoms with Crippen molar-refractivity contribution in [1.82, 2.24) is 5.32 Å². The van der Waals surface area contributed by atoms with Gasteiger partial charge in [-0.25, -0.2) is 4.39 Å². The van der Waals surface area contributed by atoms with Gasteiger partial charge >= 0.3 is 0 Å². The Bertz CT molecular complexity index is 752. The number of nitrogens with one attached hydrogen (secondary N) is 1. The van der Waals surface area contributed by atoms with E-state index in [1.54, 1.807) is 0 Å². The van der Waals surface area contributed by atoms with Crippen molar-refractivity contribution in [3.63, 3.8) is 0 Å². The highest BCUT2D eigenvalue weighted by molar-refractivity contribution is 6.31. The number of halogens is 2. The van der Waals surface area contributed by atoms with Crippen molar-refractivity contribution in [3.8, 4) is 5.75 Å². The van der Waals surface area contributed by atoms with Gasteiger partial charge in [0.05, 0.1) is 10.5 Å². The van der Waals surface area contributed by atoms with Gasteiger partial charge in [0.25, 0.3) is 11.6 Å². The number of hydrogen-bond acceptors (Lipinski definition) is 4. The van der Waals surface area contributed by atoms with Crippen molar-refractivity contribution in [2.75, 3.05) is 0 Å². The molecule has 1 amide bonds. The standard InChI is InChI=1S/C14H10ClFN2O4/c15-9-1-3-12(16)11(6-9)14(20)17-7-8-5-10(18(21)22)2-4-13(8)19/h1-6,19H,7H2,(H,17,20)/p-1. The quantitative estimate of drug-likeness (QED) is 0.690. The van der Waals surface area contributed by atoms with Gasteiger partial charge in [-0.1, -0.05) is 17.7 Å². The van der Waals surface area contributed by atoms with E-state index < -0.39 is 22.4 Å². The average molecular weight is 324 g/mol. The summed E-state index contributed by atoms with van der Waals surface area (Å²) in [5.74, 6) is -1.99. The highest BCUT2D eigenvalue weighted by Gasteiger charge is 2.13. The van der Waals surface area contributed by atoms with Crippen LogP contribution in [0.1, 0.15) is 15.9 Å². The van der Waals surface area contributed by atoms with Crippen molar-refractivity contribution in [3.05, 3.63) is 68.5 Å². The molecule has 0 atom stereocenters. The number of hydrogen-bond donors (Lipinski definition) is 1. The minimum Gasteiger partial charge on any atom is -0.872 e. The van der Waals surface area contributed by atoms with Crippen molar-refractivity contribution in [1.29, 1.82) is 0 Å². The molecule has 0 spiro atoms. The zero-order valence-electron chi connectivity index (χ0n) is 11.0. The molecular weight excluding hydrogens is 315 g/mol. The number of amides is 1. The summed E-state index contributed by atoms with van der Waals surface area (Å²) in [6.07, 6.45) is 0. The second-order valence-electron chi connectivity index (χ2n) is 4.36. The lowest BCUT2D eigenvalue weighted by atomic mass is 10.1. The summed E-state index contributed by atoms with van der Waals surface area (Å²) in [6, 6.07) is 6.67. The van der Waals surface area contributed by atoms with E-state index in [1.807, 2.05) is 0 Å². The van der Waals surface area contributed by atoms with Crippen LogP contribution in [0, 0.1) is 15.9 Å². The van der Waals surface area contributed by atoms with Gasteiger partial charge in [0.2, 0.25) is 0 Å². The molecule has 2 aromatic rings. The fourth-order valence-electron chi connectivity index (χ4n) is 1.76. The molecule has 0 saturated carbocycles. The van der Waals surface area contributed by atoms with E-state index in [2.05, 4.69) is 5.32 Å².